The molecule has 0 atom stereocenters. The Labute approximate surface area is 93.0 Å². The number of alkyl halides is 1. The summed E-state index contributed by atoms with van der Waals surface area (Å²) in [7, 11) is 0. The number of rotatable bonds is 0. The van der Waals surface area contributed by atoms with E-state index in [0.29, 0.717) is 0 Å². The van der Waals surface area contributed by atoms with Crippen LogP contribution in [0.5, 0.6) is 0 Å². The predicted molar refractivity (Wildman–Crippen MR) is 62.5 cm³/mol. The van der Waals surface area contributed by atoms with Crippen molar-refractivity contribution in [1.82, 2.24) is 5.32 Å². The van der Waals surface area contributed by atoms with Gasteiger partial charge in [0.05, 0.1) is 5.33 Å². The highest BCUT2D eigenvalue weighted by Gasteiger charge is 2.07. The molecule has 0 amide bonds. The largest absolute Gasteiger partial charge is 0.312 e. The van der Waals surface area contributed by atoms with E-state index in [2.05, 4.69) is 51.3 Å². The Morgan fingerprint density at radius 2 is 2.29 bits per heavy atom. The van der Waals surface area contributed by atoms with Gasteiger partial charge in [-0.15, -0.1) is 0 Å². The number of fused-ring (bicyclic) bond motifs is 1. The maximum absolute atomic E-state index is 3.36. The average molecular weight is 250 g/mol. The molecule has 14 heavy (non-hydrogen) atoms. The van der Waals surface area contributed by atoms with Crippen LogP contribution in [0.2, 0.25) is 0 Å². The van der Waals surface area contributed by atoms with Crippen LogP contribution in [0.1, 0.15) is 16.7 Å². The Kier molecular flexibility index (Phi) is 3.23. The van der Waals surface area contributed by atoms with Crippen molar-refractivity contribution in [3.63, 3.8) is 0 Å². The van der Waals surface area contributed by atoms with Gasteiger partial charge in [0, 0.05) is 12.1 Å². The Morgan fingerprint density at radius 3 is 3.14 bits per heavy atom. The molecule has 0 saturated carbocycles. The minimum Gasteiger partial charge on any atom is -0.312 e. The third-order valence-electron chi connectivity index (χ3n) is 2.39. The molecule has 0 aliphatic carbocycles. The quantitative estimate of drug-likeness (QED) is 0.549. The molecule has 1 nitrogen and oxygen atoms in total. The zero-order valence-corrected chi connectivity index (χ0v) is 9.52. The fourth-order valence-electron chi connectivity index (χ4n) is 1.69. The normalized spacial score (nSPS) is 14.1. The van der Waals surface area contributed by atoms with Crippen molar-refractivity contribution < 1.29 is 0 Å². The van der Waals surface area contributed by atoms with Gasteiger partial charge in [-0.25, -0.2) is 0 Å². The highest BCUT2D eigenvalue weighted by Crippen LogP contribution is 2.15. The zero-order valence-electron chi connectivity index (χ0n) is 7.94. The van der Waals surface area contributed by atoms with Gasteiger partial charge in [0.1, 0.15) is 0 Å². The van der Waals surface area contributed by atoms with E-state index in [1.807, 2.05) is 0 Å². The molecule has 1 heterocycles. The van der Waals surface area contributed by atoms with Crippen LogP contribution in [0.15, 0.2) is 18.2 Å². The molecule has 1 aliphatic rings. The van der Waals surface area contributed by atoms with Gasteiger partial charge in [0.25, 0.3) is 0 Å². The van der Waals surface area contributed by atoms with E-state index in [1.54, 1.807) is 0 Å². The predicted octanol–water partition coefficient (Wildman–Crippen LogP) is 2.08. The van der Waals surface area contributed by atoms with Gasteiger partial charge >= 0.3 is 0 Å². The van der Waals surface area contributed by atoms with Crippen LogP contribution in [-0.4, -0.2) is 11.9 Å². The second-order valence-corrected chi connectivity index (χ2v) is 3.91. The molecular formula is C12H12BrN. The molecule has 0 radical (unpaired) electrons. The van der Waals surface area contributed by atoms with Crippen LogP contribution in [-0.2, 0) is 13.0 Å². The van der Waals surface area contributed by atoms with E-state index in [-0.39, 0.29) is 0 Å². The van der Waals surface area contributed by atoms with Crippen LogP contribution in [0.4, 0.5) is 0 Å². The molecular weight excluding hydrogens is 238 g/mol. The third kappa shape index (κ3) is 2.17. The molecule has 1 aromatic carbocycles. The summed E-state index contributed by atoms with van der Waals surface area (Å²) in [5.74, 6) is 6.15. The van der Waals surface area contributed by atoms with Gasteiger partial charge < -0.3 is 5.32 Å². The second kappa shape index (κ2) is 4.63. The fourth-order valence-corrected chi connectivity index (χ4v) is 1.83. The van der Waals surface area contributed by atoms with Gasteiger partial charge in [0.15, 0.2) is 0 Å². The molecule has 0 bridgehead atoms. The summed E-state index contributed by atoms with van der Waals surface area (Å²) in [5.41, 5.74) is 4.00. The van der Waals surface area contributed by atoms with Crippen molar-refractivity contribution >= 4 is 15.9 Å². The molecule has 0 spiro atoms. The maximum atomic E-state index is 3.36. The van der Waals surface area contributed by atoms with E-state index in [9.17, 15) is 0 Å². The van der Waals surface area contributed by atoms with Crippen LogP contribution in [0, 0.1) is 11.8 Å². The Morgan fingerprint density at radius 1 is 1.36 bits per heavy atom. The first-order valence-electron chi connectivity index (χ1n) is 4.77. The average Bonchev–Trinajstić information content (AvgIpc) is 2.26. The smallest absolute Gasteiger partial charge is 0.0649 e. The lowest BCUT2D eigenvalue weighted by Crippen LogP contribution is -2.23. The van der Waals surface area contributed by atoms with Gasteiger partial charge in [0.2, 0.25) is 0 Å². The van der Waals surface area contributed by atoms with Crippen LogP contribution in [0.3, 0.4) is 0 Å². The van der Waals surface area contributed by atoms with E-state index in [4.69, 9.17) is 0 Å². The number of nitrogens with one attached hydrogen (secondary N) is 1. The molecule has 2 rings (SSSR count). The Bertz CT molecular complexity index is 387. The molecule has 0 fully saturated rings. The molecule has 1 aromatic rings. The second-order valence-electron chi connectivity index (χ2n) is 3.35. The van der Waals surface area contributed by atoms with Gasteiger partial charge in [-0.2, -0.15) is 0 Å². The molecule has 0 aromatic heterocycles. The van der Waals surface area contributed by atoms with E-state index >= 15 is 0 Å². The highest BCUT2D eigenvalue weighted by molar-refractivity contribution is 9.09. The molecule has 72 valence electrons. The fraction of sp³-hybridized carbons (Fsp3) is 0.333. The first kappa shape index (κ1) is 9.76. The lowest BCUT2D eigenvalue weighted by molar-refractivity contribution is 0.643. The zero-order chi connectivity index (χ0) is 9.80. The number of hydrogen-bond acceptors (Lipinski definition) is 1. The van der Waals surface area contributed by atoms with Crippen LogP contribution >= 0.6 is 15.9 Å². The number of hydrogen-bond donors (Lipinski definition) is 1. The SMILES string of the molecule is BrCC#Cc1ccc2c(c1)CCNC2. The summed E-state index contributed by atoms with van der Waals surface area (Å²) >= 11 is 3.30. The van der Waals surface area contributed by atoms with E-state index in [0.717, 1.165) is 30.4 Å². The summed E-state index contributed by atoms with van der Waals surface area (Å²) in [6.07, 6.45) is 1.12. The van der Waals surface area contributed by atoms with Crippen LogP contribution in [0.25, 0.3) is 0 Å². The third-order valence-corrected chi connectivity index (χ3v) is 2.67. The van der Waals surface area contributed by atoms with Gasteiger partial charge in [-0.3, -0.25) is 0 Å². The summed E-state index contributed by atoms with van der Waals surface area (Å²) in [5, 5.41) is 4.10. The highest BCUT2D eigenvalue weighted by atomic mass is 79.9. The van der Waals surface area contributed by atoms with Crippen LogP contribution < -0.4 is 5.32 Å². The minimum atomic E-state index is 0.742. The minimum absolute atomic E-state index is 0.742. The molecule has 2 heteroatoms. The Hall–Kier alpha value is -0.780. The number of halogens is 1. The standard InChI is InChI=1S/C12H12BrN/c13-6-1-2-10-3-4-12-9-14-7-5-11(12)8-10/h3-4,8,14H,5-7,9H2. The topological polar surface area (TPSA) is 12.0 Å². The first-order chi connectivity index (χ1) is 6.90. The lowest BCUT2D eigenvalue weighted by Gasteiger charge is -2.16. The molecule has 0 unspecified atom stereocenters. The maximum Gasteiger partial charge on any atom is 0.0649 e. The van der Waals surface area contributed by atoms with Gasteiger partial charge in [-0.1, -0.05) is 33.8 Å². The summed E-state index contributed by atoms with van der Waals surface area (Å²) < 4.78 is 0. The lowest BCUT2D eigenvalue weighted by atomic mass is 9.99. The van der Waals surface area contributed by atoms with Crippen molar-refractivity contribution in [2.75, 3.05) is 11.9 Å². The molecule has 1 aliphatic heterocycles. The van der Waals surface area contributed by atoms with E-state index in [1.165, 1.54) is 11.1 Å². The monoisotopic (exact) mass is 249 g/mol. The van der Waals surface area contributed by atoms with E-state index < -0.39 is 0 Å². The van der Waals surface area contributed by atoms with Crippen molar-refractivity contribution in [1.29, 1.82) is 0 Å². The number of benzene rings is 1. The van der Waals surface area contributed by atoms with Gasteiger partial charge in [-0.05, 0) is 36.2 Å². The van der Waals surface area contributed by atoms with Crippen molar-refractivity contribution in [2.24, 2.45) is 0 Å². The summed E-state index contributed by atoms with van der Waals surface area (Å²) in [4.78, 5) is 0. The first-order valence-corrected chi connectivity index (χ1v) is 5.89. The molecule has 1 N–H and O–H groups in total. The summed E-state index contributed by atoms with van der Waals surface area (Å²) in [6.45, 7) is 2.09. The molecule has 0 saturated heterocycles. The van der Waals surface area contributed by atoms with Crippen molar-refractivity contribution in [3.8, 4) is 11.8 Å². The Balaban J connectivity index is 2.29. The van der Waals surface area contributed by atoms with Crippen molar-refractivity contribution in [3.05, 3.63) is 34.9 Å². The summed E-state index contributed by atoms with van der Waals surface area (Å²) in [6, 6.07) is 6.49. The van der Waals surface area contributed by atoms with Crippen molar-refractivity contribution in [2.45, 2.75) is 13.0 Å².